The molecule has 0 saturated carbocycles. The Kier molecular flexibility index (Phi) is 5.83. The van der Waals surface area contributed by atoms with Gasteiger partial charge in [0.25, 0.3) is 0 Å². The number of nitrogens with zero attached hydrogens (tertiary/aromatic N) is 2. The summed E-state index contributed by atoms with van der Waals surface area (Å²) in [6.07, 6.45) is 4.25. The summed E-state index contributed by atoms with van der Waals surface area (Å²) in [4.78, 5) is 16.9. The number of amides is 1. The molecule has 2 N–H and O–H groups in total. The van der Waals surface area contributed by atoms with Gasteiger partial charge in [0.15, 0.2) is 0 Å². The van der Waals surface area contributed by atoms with Gasteiger partial charge in [-0.1, -0.05) is 12.1 Å². The fraction of sp³-hybridized carbons (Fsp3) is 0.400. The number of aryl methyl sites for hydroxylation is 1. The Morgan fingerprint density at radius 3 is 2.74 bits per heavy atom. The van der Waals surface area contributed by atoms with E-state index in [1.165, 1.54) is 15.8 Å². The van der Waals surface area contributed by atoms with E-state index in [9.17, 15) is 9.90 Å². The molecule has 2 aliphatic heterocycles. The summed E-state index contributed by atoms with van der Waals surface area (Å²) in [7, 11) is 0. The van der Waals surface area contributed by atoms with Gasteiger partial charge in [0.2, 0.25) is 5.91 Å². The first-order valence-electron chi connectivity index (χ1n) is 11.3. The number of benzene rings is 2. The van der Waals surface area contributed by atoms with Crippen LogP contribution in [-0.4, -0.2) is 48.6 Å². The van der Waals surface area contributed by atoms with Crippen LogP contribution in [-0.2, 0) is 17.6 Å². The van der Waals surface area contributed by atoms with Crippen molar-refractivity contribution in [1.82, 2.24) is 4.90 Å². The molecule has 0 bridgehead atoms. The smallest absolute Gasteiger partial charge is 0.224 e. The number of rotatable bonds is 6. The van der Waals surface area contributed by atoms with Crippen LogP contribution < -0.4 is 10.2 Å². The summed E-state index contributed by atoms with van der Waals surface area (Å²) in [6.45, 7) is 5.47. The molecule has 3 heterocycles. The fourth-order valence-corrected chi connectivity index (χ4v) is 5.67. The van der Waals surface area contributed by atoms with Crippen LogP contribution in [0.4, 0.5) is 11.4 Å². The minimum absolute atomic E-state index is 0.0513. The van der Waals surface area contributed by atoms with Gasteiger partial charge < -0.3 is 15.3 Å². The maximum Gasteiger partial charge on any atom is 0.224 e. The lowest BCUT2D eigenvalue weighted by atomic mass is 9.95. The van der Waals surface area contributed by atoms with Gasteiger partial charge in [0.05, 0.1) is 5.69 Å². The second-order valence-electron chi connectivity index (χ2n) is 8.54. The Balaban J connectivity index is 1.11. The van der Waals surface area contributed by atoms with Gasteiger partial charge >= 0.3 is 0 Å². The van der Waals surface area contributed by atoms with E-state index in [0.717, 1.165) is 68.8 Å². The molecule has 1 aromatic heterocycles. The van der Waals surface area contributed by atoms with Crippen LogP contribution in [0.25, 0.3) is 10.1 Å². The Labute approximate surface area is 187 Å². The van der Waals surface area contributed by atoms with Crippen LogP contribution in [0.5, 0.6) is 5.75 Å². The van der Waals surface area contributed by atoms with Gasteiger partial charge in [0.1, 0.15) is 5.75 Å². The summed E-state index contributed by atoms with van der Waals surface area (Å²) < 4.78 is 1.37. The van der Waals surface area contributed by atoms with E-state index in [4.69, 9.17) is 0 Å². The van der Waals surface area contributed by atoms with Gasteiger partial charge in [-0.15, -0.1) is 11.3 Å². The average molecular weight is 436 g/mol. The van der Waals surface area contributed by atoms with E-state index in [2.05, 4.69) is 44.8 Å². The van der Waals surface area contributed by atoms with Gasteiger partial charge in [-0.25, -0.2) is 0 Å². The number of carbonyl (C=O) groups is 1. The molecule has 1 saturated heterocycles. The molecule has 3 aromatic rings. The van der Waals surface area contributed by atoms with Crippen LogP contribution in [0.15, 0.2) is 41.8 Å². The van der Waals surface area contributed by atoms with Crippen LogP contribution in [0.3, 0.4) is 0 Å². The minimum Gasteiger partial charge on any atom is -0.508 e. The number of fused-ring (bicyclic) bond motifs is 2. The van der Waals surface area contributed by atoms with E-state index >= 15 is 0 Å². The number of hydrogen-bond acceptors (Lipinski definition) is 5. The van der Waals surface area contributed by atoms with Crippen LogP contribution >= 0.6 is 11.3 Å². The zero-order valence-electron chi connectivity index (χ0n) is 17.8. The molecule has 6 heteroatoms. The summed E-state index contributed by atoms with van der Waals surface area (Å²) >= 11 is 1.81. The zero-order valence-corrected chi connectivity index (χ0v) is 18.6. The molecule has 0 atom stereocenters. The Morgan fingerprint density at radius 2 is 1.87 bits per heavy atom. The van der Waals surface area contributed by atoms with Crippen molar-refractivity contribution in [1.29, 1.82) is 0 Å². The maximum absolute atomic E-state index is 11.8. The number of phenolic OH excluding ortho intramolecular Hbond substituents is 1. The molecule has 5 nitrogen and oxygen atoms in total. The first kappa shape index (κ1) is 20.3. The monoisotopic (exact) mass is 435 g/mol. The number of carbonyl (C=O) groups excluding carboxylic acids is 1. The number of thiophene rings is 1. The highest BCUT2D eigenvalue weighted by Gasteiger charge is 2.21. The highest BCUT2D eigenvalue weighted by molar-refractivity contribution is 7.17. The van der Waals surface area contributed by atoms with Crippen LogP contribution in [0.1, 0.15) is 30.4 Å². The number of hydrogen-bond donors (Lipinski definition) is 2. The SMILES string of the molecule is O=C1CCc2c(O)ccc(CCCCN3CCN(c4cccc5sccc45)CC3)c2N1. The minimum atomic E-state index is 0.0513. The highest BCUT2D eigenvalue weighted by atomic mass is 32.1. The van der Waals surface area contributed by atoms with Crippen molar-refractivity contribution in [2.45, 2.75) is 32.1 Å². The van der Waals surface area contributed by atoms with Crippen molar-refractivity contribution in [2.75, 3.05) is 42.9 Å². The fourth-order valence-electron chi connectivity index (χ4n) is 4.86. The summed E-state index contributed by atoms with van der Waals surface area (Å²) in [5.74, 6) is 0.352. The number of aromatic hydroxyl groups is 1. The summed E-state index contributed by atoms with van der Waals surface area (Å²) in [5, 5.41) is 16.6. The van der Waals surface area contributed by atoms with E-state index in [1.807, 2.05) is 17.4 Å². The molecule has 5 rings (SSSR count). The number of nitrogens with one attached hydrogen (secondary N) is 1. The van der Waals surface area contributed by atoms with Crippen LogP contribution in [0.2, 0.25) is 0 Å². The van der Waals surface area contributed by atoms with Gasteiger partial charge in [0, 0.05) is 53.9 Å². The van der Waals surface area contributed by atoms with E-state index in [0.29, 0.717) is 18.6 Å². The number of phenols is 1. The standard InChI is InChI=1S/C25H29N3O2S/c29-22-9-7-18(25-20(22)8-10-24(30)26-25)4-1-2-12-27-13-15-28(16-14-27)21-5-3-6-23-19(21)11-17-31-23/h3,5-7,9,11,17,29H,1-2,4,8,10,12-16H2,(H,26,30). The molecular formula is C25H29N3O2S. The number of piperazine rings is 1. The lowest BCUT2D eigenvalue weighted by Crippen LogP contribution is -2.46. The van der Waals surface area contributed by atoms with E-state index in [-0.39, 0.29) is 5.91 Å². The molecule has 31 heavy (non-hydrogen) atoms. The van der Waals surface area contributed by atoms with Gasteiger partial charge in [-0.2, -0.15) is 0 Å². The first-order chi connectivity index (χ1) is 15.2. The van der Waals surface area contributed by atoms with Crippen molar-refractivity contribution in [3.8, 4) is 5.75 Å². The molecule has 0 unspecified atom stereocenters. The molecule has 2 aromatic carbocycles. The molecule has 162 valence electrons. The summed E-state index contributed by atoms with van der Waals surface area (Å²) in [6, 6.07) is 12.6. The second-order valence-corrected chi connectivity index (χ2v) is 9.49. The molecule has 1 amide bonds. The predicted octanol–water partition coefficient (Wildman–Crippen LogP) is 4.64. The van der Waals surface area contributed by atoms with Gasteiger partial charge in [-0.05, 0) is 67.4 Å². The molecule has 0 radical (unpaired) electrons. The topological polar surface area (TPSA) is 55.8 Å². The largest absolute Gasteiger partial charge is 0.508 e. The lowest BCUT2D eigenvalue weighted by molar-refractivity contribution is -0.116. The Morgan fingerprint density at radius 1 is 1.00 bits per heavy atom. The third kappa shape index (κ3) is 4.27. The predicted molar refractivity (Wildman–Crippen MR) is 128 cm³/mol. The van der Waals surface area contributed by atoms with Crippen molar-refractivity contribution in [3.63, 3.8) is 0 Å². The number of anilines is 2. The molecule has 1 fully saturated rings. The third-order valence-corrected chi connectivity index (χ3v) is 7.48. The molecule has 0 aliphatic carbocycles. The number of unbranched alkanes of at least 4 members (excludes halogenated alkanes) is 1. The zero-order chi connectivity index (χ0) is 21.2. The van der Waals surface area contributed by atoms with Crippen molar-refractivity contribution >= 4 is 38.7 Å². The highest BCUT2D eigenvalue weighted by Crippen LogP contribution is 2.34. The van der Waals surface area contributed by atoms with Crippen LogP contribution in [0, 0.1) is 0 Å². The molecular weight excluding hydrogens is 406 g/mol. The lowest BCUT2D eigenvalue weighted by Gasteiger charge is -2.36. The molecule has 0 spiro atoms. The quantitative estimate of drug-likeness (QED) is 0.554. The first-order valence-corrected chi connectivity index (χ1v) is 12.1. The summed E-state index contributed by atoms with van der Waals surface area (Å²) in [5.41, 5.74) is 4.27. The van der Waals surface area contributed by atoms with E-state index in [1.54, 1.807) is 6.07 Å². The van der Waals surface area contributed by atoms with Gasteiger partial charge in [-0.3, -0.25) is 9.69 Å². The van der Waals surface area contributed by atoms with Crippen molar-refractivity contribution in [3.05, 3.63) is 52.9 Å². The average Bonchev–Trinajstić information content (AvgIpc) is 3.27. The second kappa shape index (κ2) is 8.89. The van der Waals surface area contributed by atoms with E-state index < -0.39 is 0 Å². The Hall–Kier alpha value is -2.57. The maximum atomic E-state index is 11.8. The normalized spacial score (nSPS) is 17.0. The van der Waals surface area contributed by atoms with Crippen molar-refractivity contribution in [2.24, 2.45) is 0 Å². The molecule has 2 aliphatic rings. The third-order valence-electron chi connectivity index (χ3n) is 6.60. The Bertz CT molecular complexity index is 1090. The van der Waals surface area contributed by atoms with Crippen molar-refractivity contribution < 1.29 is 9.90 Å².